The van der Waals surface area contributed by atoms with E-state index in [9.17, 15) is 18.0 Å². The Hall–Kier alpha value is -2.23. The monoisotopic (exact) mass is 382 g/mol. The molecule has 0 fully saturated rings. The molecule has 0 spiro atoms. The highest BCUT2D eigenvalue weighted by molar-refractivity contribution is 7.91. The summed E-state index contributed by atoms with van der Waals surface area (Å²) in [4.78, 5) is 23.8. The van der Waals surface area contributed by atoms with Gasteiger partial charge in [-0.15, -0.1) is 11.3 Å². The zero-order valence-corrected chi connectivity index (χ0v) is 15.1. The summed E-state index contributed by atoms with van der Waals surface area (Å²) in [5.41, 5.74) is 0.791. The molecular formula is C16H18N2O5S2. The van der Waals surface area contributed by atoms with Crippen LogP contribution in [0.5, 0.6) is 0 Å². The van der Waals surface area contributed by atoms with E-state index in [0.29, 0.717) is 16.9 Å². The maximum Gasteiger partial charge on any atom is 0.335 e. The molecule has 3 N–H and O–H groups in total. The molecule has 7 nitrogen and oxygen atoms in total. The molecule has 25 heavy (non-hydrogen) atoms. The van der Waals surface area contributed by atoms with Crippen molar-refractivity contribution in [2.45, 2.75) is 23.6 Å². The van der Waals surface area contributed by atoms with Gasteiger partial charge in [0.1, 0.15) is 4.21 Å². The van der Waals surface area contributed by atoms with Crippen LogP contribution in [0.15, 0.2) is 40.6 Å². The Balaban J connectivity index is 1.89. The number of amides is 1. The zero-order valence-electron chi connectivity index (χ0n) is 13.5. The van der Waals surface area contributed by atoms with Crippen molar-refractivity contribution < 1.29 is 23.1 Å². The highest BCUT2D eigenvalue weighted by atomic mass is 32.2. The largest absolute Gasteiger partial charge is 0.478 e. The van der Waals surface area contributed by atoms with Gasteiger partial charge in [0.15, 0.2) is 0 Å². The number of carbonyl (C=O) groups excluding carboxylic acids is 1. The molecule has 0 atom stereocenters. The second-order valence-corrected chi connectivity index (χ2v) is 8.45. The predicted molar refractivity (Wildman–Crippen MR) is 94.1 cm³/mol. The topological polar surface area (TPSA) is 113 Å². The minimum atomic E-state index is -3.47. The van der Waals surface area contributed by atoms with Crippen LogP contribution in [0.25, 0.3) is 0 Å². The van der Waals surface area contributed by atoms with Crippen molar-refractivity contribution in [3.8, 4) is 0 Å². The van der Waals surface area contributed by atoms with E-state index in [1.54, 1.807) is 24.3 Å². The van der Waals surface area contributed by atoms with Crippen LogP contribution in [-0.4, -0.2) is 32.4 Å². The molecule has 2 aromatic rings. The molecule has 0 aliphatic heterocycles. The lowest BCUT2D eigenvalue weighted by atomic mass is 10.0. The third-order valence-corrected chi connectivity index (χ3v) is 6.49. The first kappa shape index (κ1) is 19.1. The van der Waals surface area contributed by atoms with E-state index in [2.05, 4.69) is 10.0 Å². The van der Waals surface area contributed by atoms with E-state index in [1.165, 1.54) is 19.2 Å². The standard InChI is InChI=1S/C16H18N2O5S2/c1-17-25(22,23)15-9-7-12(24-15)10-18-14(19)8-6-11-4-2-3-5-13(11)16(20)21/h2-5,7,9,17H,6,8,10H2,1H3,(H,18,19)(H,20,21). The van der Waals surface area contributed by atoms with Gasteiger partial charge in [0, 0.05) is 11.3 Å². The van der Waals surface area contributed by atoms with Crippen LogP contribution in [0.3, 0.4) is 0 Å². The normalized spacial score (nSPS) is 11.2. The third-order valence-electron chi connectivity index (χ3n) is 3.50. The van der Waals surface area contributed by atoms with Gasteiger partial charge in [-0.25, -0.2) is 17.9 Å². The van der Waals surface area contributed by atoms with Gasteiger partial charge < -0.3 is 10.4 Å². The molecule has 0 bridgehead atoms. The second kappa shape index (κ2) is 8.24. The van der Waals surface area contributed by atoms with Crippen LogP contribution in [0, 0.1) is 0 Å². The average molecular weight is 382 g/mol. The Labute approximate surface area is 149 Å². The summed E-state index contributed by atoms with van der Waals surface area (Å²) < 4.78 is 25.8. The Bertz CT molecular complexity index is 874. The molecule has 134 valence electrons. The number of rotatable bonds is 8. The van der Waals surface area contributed by atoms with Crippen molar-refractivity contribution in [3.63, 3.8) is 0 Å². The number of aromatic carboxylic acids is 1. The van der Waals surface area contributed by atoms with Gasteiger partial charge in [-0.3, -0.25) is 4.79 Å². The fourth-order valence-electron chi connectivity index (χ4n) is 2.17. The average Bonchev–Trinajstić information content (AvgIpc) is 3.08. The van der Waals surface area contributed by atoms with Gasteiger partial charge in [-0.1, -0.05) is 18.2 Å². The van der Waals surface area contributed by atoms with Crippen molar-refractivity contribution in [3.05, 3.63) is 52.4 Å². The summed E-state index contributed by atoms with van der Waals surface area (Å²) >= 11 is 1.08. The molecule has 1 aromatic heterocycles. The van der Waals surface area contributed by atoms with E-state index >= 15 is 0 Å². The Morgan fingerprint density at radius 1 is 1.16 bits per heavy atom. The van der Waals surface area contributed by atoms with Crippen LogP contribution in [-0.2, 0) is 27.8 Å². The number of nitrogens with one attached hydrogen (secondary N) is 2. The van der Waals surface area contributed by atoms with Gasteiger partial charge in [-0.2, -0.15) is 0 Å². The highest BCUT2D eigenvalue weighted by Gasteiger charge is 2.15. The van der Waals surface area contributed by atoms with Gasteiger partial charge >= 0.3 is 5.97 Å². The predicted octanol–water partition coefficient (Wildman–Crippen LogP) is 1.60. The first-order valence-electron chi connectivity index (χ1n) is 7.43. The molecule has 0 saturated carbocycles. The minimum Gasteiger partial charge on any atom is -0.478 e. The van der Waals surface area contributed by atoms with Crippen molar-refractivity contribution in [1.82, 2.24) is 10.0 Å². The molecule has 0 aliphatic carbocycles. The summed E-state index contributed by atoms with van der Waals surface area (Å²) in [7, 11) is -2.14. The molecule has 0 aliphatic rings. The molecule has 1 amide bonds. The Kier molecular flexibility index (Phi) is 6.29. The summed E-state index contributed by atoms with van der Waals surface area (Å²) in [6.45, 7) is 0.226. The zero-order chi connectivity index (χ0) is 18.4. The van der Waals surface area contributed by atoms with Crippen LogP contribution < -0.4 is 10.0 Å². The first-order valence-corrected chi connectivity index (χ1v) is 9.73. The smallest absolute Gasteiger partial charge is 0.335 e. The number of sulfonamides is 1. The van der Waals surface area contributed by atoms with Crippen LogP contribution >= 0.6 is 11.3 Å². The maximum atomic E-state index is 11.9. The second-order valence-electron chi connectivity index (χ2n) is 5.17. The van der Waals surface area contributed by atoms with Crippen molar-refractivity contribution in [2.24, 2.45) is 0 Å². The maximum absolute atomic E-state index is 11.9. The van der Waals surface area contributed by atoms with Crippen LogP contribution in [0.4, 0.5) is 0 Å². The quantitative estimate of drug-likeness (QED) is 0.642. The summed E-state index contributed by atoms with van der Waals surface area (Å²) in [6, 6.07) is 9.70. The lowest BCUT2D eigenvalue weighted by Gasteiger charge is -2.06. The molecule has 9 heteroatoms. The molecule has 1 aromatic carbocycles. The Morgan fingerprint density at radius 2 is 1.88 bits per heavy atom. The minimum absolute atomic E-state index is 0.150. The lowest BCUT2D eigenvalue weighted by Crippen LogP contribution is -2.22. The van der Waals surface area contributed by atoms with Gasteiger partial charge in [-0.05, 0) is 37.2 Å². The summed E-state index contributed by atoms with van der Waals surface area (Å²) in [5, 5.41) is 11.8. The molecule has 0 radical (unpaired) electrons. The van der Waals surface area contributed by atoms with Gasteiger partial charge in [0.05, 0.1) is 12.1 Å². The number of hydrogen-bond donors (Lipinski definition) is 3. The molecule has 0 saturated heterocycles. The number of thiophene rings is 1. The van der Waals surface area contributed by atoms with E-state index in [4.69, 9.17) is 5.11 Å². The third kappa shape index (κ3) is 5.12. The SMILES string of the molecule is CNS(=O)(=O)c1ccc(CNC(=O)CCc2ccccc2C(=O)O)s1. The summed E-state index contributed by atoms with van der Waals surface area (Å²) in [5.74, 6) is -1.25. The van der Waals surface area contributed by atoms with Crippen LogP contribution in [0.2, 0.25) is 0 Å². The first-order chi connectivity index (χ1) is 11.8. The van der Waals surface area contributed by atoms with Crippen molar-refractivity contribution in [2.75, 3.05) is 7.05 Å². The number of aryl methyl sites for hydroxylation is 1. The Morgan fingerprint density at radius 3 is 2.56 bits per heavy atom. The van der Waals surface area contributed by atoms with E-state index < -0.39 is 16.0 Å². The highest BCUT2D eigenvalue weighted by Crippen LogP contribution is 2.21. The van der Waals surface area contributed by atoms with Gasteiger partial charge in [0.25, 0.3) is 0 Å². The number of benzene rings is 1. The number of hydrogen-bond acceptors (Lipinski definition) is 5. The fraction of sp³-hybridized carbons (Fsp3) is 0.250. The fourth-order valence-corrected chi connectivity index (χ4v) is 4.30. The number of carboxylic acids is 1. The number of carbonyl (C=O) groups is 2. The van der Waals surface area contributed by atoms with Gasteiger partial charge in [0.2, 0.25) is 15.9 Å². The van der Waals surface area contributed by atoms with E-state index in [0.717, 1.165) is 11.3 Å². The van der Waals surface area contributed by atoms with E-state index in [1.807, 2.05) is 0 Å². The molecule has 1 heterocycles. The number of carboxylic acid groups (broad SMARTS) is 1. The van der Waals surface area contributed by atoms with Crippen LogP contribution in [0.1, 0.15) is 27.2 Å². The van der Waals surface area contributed by atoms with Crippen molar-refractivity contribution >= 4 is 33.2 Å². The molecule has 2 rings (SSSR count). The van der Waals surface area contributed by atoms with Crippen molar-refractivity contribution in [1.29, 1.82) is 0 Å². The molecule has 0 unspecified atom stereocenters. The summed E-state index contributed by atoms with van der Waals surface area (Å²) in [6.07, 6.45) is 0.468. The lowest BCUT2D eigenvalue weighted by molar-refractivity contribution is -0.121. The van der Waals surface area contributed by atoms with E-state index in [-0.39, 0.29) is 28.6 Å². The molecular weight excluding hydrogens is 364 g/mol.